The highest BCUT2D eigenvalue weighted by molar-refractivity contribution is 5.97. The Balaban J connectivity index is 2.87. The Morgan fingerprint density at radius 2 is 1.95 bits per heavy atom. The maximum Gasteiger partial charge on any atom is 0.326 e. The molecule has 0 aliphatic heterocycles. The Kier molecular flexibility index (Phi) is 4.51. The van der Waals surface area contributed by atoms with Crippen LogP contribution in [0.3, 0.4) is 0 Å². The fraction of sp³-hybridized carbons (Fsp3) is 0.182. The summed E-state index contributed by atoms with van der Waals surface area (Å²) in [6.45, 7) is 0. The van der Waals surface area contributed by atoms with E-state index in [-0.39, 0.29) is 0 Å². The van der Waals surface area contributed by atoms with E-state index >= 15 is 0 Å². The van der Waals surface area contributed by atoms with E-state index in [0.29, 0.717) is 6.07 Å². The van der Waals surface area contributed by atoms with Crippen LogP contribution in [0.2, 0.25) is 0 Å². The Labute approximate surface area is 106 Å². The number of primary amides is 1. The molecule has 1 rings (SSSR count). The minimum atomic E-state index is -1.57. The van der Waals surface area contributed by atoms with Gasteiger partial charge in [0, 0.05) is 6.07 Å². The molecule has 0 aromatic heterocycles. The quantitative estimate of drug-likeness (QED) is 0.702. The summed E-state index contributed by atoms with van der Waals surface area (Å²) in [5.74, 6) is -5.52. The smallest absolute Gasteiger partial charge is 0.326 e. The second kappa shape index (κ2) is 5.89. The molecule has 6 nitrogen and oxygen atoms in total. The first-order valence-corrected chi connectivity index (χ1v) is 5.08. The van der Waals surface area contributed by atoms with Gasteiger partial charge in [0.15, 0.2) is 0 Å². The molecule has 1 aromatic rings. The largest absolute Gasteiger partial charge is 0.480 e. The topological polar surface area (TPSA) is 109 Å². The van der Waals surface area contributed by atoms with Gasteiger partial charge in [0.05, 0.1) is 12.0 Å². The predicted molar refractivity (Wildman–Crippen MR) is 59.1 cm³/mol. The molecule has 0 saturated carbocycles. The predicted octanol–water partition coefficient (Wildman–Crippen LogP) is 0.0232. The molecular weight excluding hydrogens is 262 g/mol. The average molecular weight is 272 g/mol. The second-order valence-corrected chi connectivity index (χ2v) is 3.66. The molecule has 8 heteroatoms. The van der Waals surface area contributed by atoms with Crippen molar-refractivity contribution in [2.45, 2.75) is 12.5 Å². The van der Waals surface area contributed by atoms with Crippen LogP contribution in [-0.4, -0.2) is 28.9 Å². The number of rotatable bonds is 5. The highest BCUT2D eigenvalue weighted by Gasteiger charge is 2.24. The zero-order valence-electron chi connectivity index (χ0n) is 9.52. The zero-order chi connectivity index (χ0) is 14.6. The number of carbonyl (C=O) groups excluding carboxylic acids is 2. The summed E-state index contributed by atoms with van der Waals surface area (Å²) < 4.78 is 25.9. The molecular formula is C11H10F2N2O4. The van der Waals surface area contributed by atoms with Crippen molar-refractivity contribution >= 4 is 17.8 Å². The van der Waals surface area contributed by atoms with E-state index in [2.05, 4.69) is 0 Å². The van der Waals surface area contributed by atoms with E-state index in [1.165, 1.54) is 0 Å². The first-order chi connectivity index (χ1) is 8.81. The molecule has 4 N–H and O–H groups in total. The third kappa shape index (κ3) is 4.02. The van der Waals surface area contributed by atoms with Gasteiger partial charge in [-0.15, -0.1) is 0 Å². The van der Waals surface area contributed by atoms with Crippen LogP contribution < -0.4 is 11.1 Å². The van der Waals surface area contributed by atoms with Crippen molar-refractivity contribution in [2.24, 2.45) is 5.73 Å². The number of hydrogen-bond donors (Lipinski definition) is 3. The van der Waals surface area contributed by atoms with E-state index < -0.39 is 47.4 Å². The summed E-state index contributed by atoms with van der Waals surface area (Å²) in [4.78, 5) is 33.0. The standard InChI is InChI=1S/C11H10F2N2O4/c12-5-1-2-6(7(13)3-5)10(17)15-8(11(18)19)4-9(14)16/h1-3,8H,4H2,(H2,14,16)(H,15,17)(H,18,19). The number of nitrogens with two attached hydrogens (primary N) is 1. The molecule has 0 radical (unpaired) electrons. The van der Waals surface area contributed by atoms with Gasteiger partial charge in [0.25, 0.3) is 5.91 Å². The van der Waals surface area contributed by atoms with Crippen LogP contribution in [0, 0.1) is 11.6 Å². The number of benzene rings is 1. The van der Waals surface area contributed by atoms with Crippen LogP contribution in [0.5, 0.6) is 0 Å². The van der Waals surface area contributed by atoms with Crippen molar-refractivity contribution in [1.29, 1.82) is 0 Å². The monoisotopic (exact) mass is 272 g/mol. The van der Waals surface area contributed by atoms with Crippen molar-refractivity contribution in [1.82, 2.24) is 5.32 Å². The van der Waals surface area contributed by atoms with Crippen LogP contribution in [0.25, 0.3) is 0 Å². The number of amides is 2. The van der Waals surface area contributed by atoms with Crippen LogP contribution in [0.4, 0.5) is 8.78 Å². The molecule has 19 heavy (non-hydrogen) atoms. The van der Waals surface area contributed by atoms with Gasteiger partial charge in [0.2, 0.25) is 5.91 Å². The zero-order valence-corrected chi connectivity index (χ0v) is 9.52. The van der Waals surface area contributed by atoms with Gasteiger partial charge in [-0.25, -0.2) is 13.6 Å². The summed E-state index contributed by atoms with van der Waals surface area (Å²) in [7, 11) is 0. The molecule has 0 aliphatic carbocycles. The van der Waals surface area contributed by atoms with Gasteiger partial charge in [-0.2, -0.15) is 0 Å². The van der Waals surface area contributed by atoms with E-state index in [0.717, 1.165) is 12.1 Å². The van der Waals surface area contributed by atoms with E-state index in [4.69, 9.17) is 10.8 Å². The molecule has 0 spiro atoms. The molecule has 1 unspecified atom stereocenters. The molecule has 0 aliphatic rings. The number of carboxylic acid groups (broad SMARTS) is 1. The van der Waals surface area contributed by atoms with Crippen molar-refractivity contribution in [3.63, 3.8) is 0 Å². The van der Waals surface area contributed by atoms with Gasteiger partial charge in [-0.3, -0.25) is 9.59 Å². The summed E-state index contributed by atoms with van der Waals surface area (Å²) in [5.41, 5.74) is 4.29. The van der Waals surface area contributed by atoms with Gasteiger partial charge in [0.1, 0.15) is 17.7 Å². The number of carbonyl (C=O) groups is 3. The fourth-order valence-corrected chi connectivity index (χ4v) is 1.31. The normalized spacial score (nSPS) is 11.7. The minimum absolute atomic E-state index is 0.485. The lowest BCUT2D eigenvalue weighted by Crippen LogP contribution is -2.43. The summed E-state index contributed by atoms with van der Waals surface area (Å²) in [5, 5.41) is 10.7. The molecule has 0 saturated heterocycles. The Morgan fingerprint density at radius 1 is 1.32 bits per heavy atom. The van der Waals surface area contributed by atoms with Gasteiger partial charge < -0.3 is 16.2 Å². The van der Waals surface area contributed by atoms with Crippen LogP contribution >= 0.6 is 0 Å². The van der Waals surface area contributed by atoms with Gasteiger partial charge >= 0.3 is 5.97 Å². The lowest BCUT2D eigenvalue weighted by atomic mass is 10.1. The Bertz CT molecular complexity index is 533. The third-order valence-corrected chi connectivity index (χ3v) is 2.18. The second-order valence-electron chi connectivity index (χ2n) is 3.66. The molecule has 1 aromatic carbocycles. The molecule has 0 bridgehead atoms. The highest BCUT2D eigenvalue weighted by Crippen LogP contribution is 2.10. The lowest BCUT2D eigenvalue weighted by Gasteiger charge is -2.13. The number of aliphatic carboxylic acids is 1. The minimum Gasteiger partial charge on any atom is -0.480 e. The first-order valence-electron chi connectivity index (χ1n) is 5.08. The van der Waals surface area contributed by atoms with Crippen molar-refractivity contribution in [2.75, 3.05) is 0 Å². The van der Waals surface area contributed by atoms with Gasteiger partial charge in [-0.1, -0.05) is 0 Å². The molecule has 0 fully saturated rings. The number of nitrogens with one attached hydrogen (secondary N) is 1. The summed E-state index contributed by atoms with van der Waals surface area (Å²) in [6, 6.07) is 0.624. The Hall–Kier alpha value is -2.51. The van der Waals surface area contributed by atoms with Gasteiger partial charge in [-0.05, 0) is 12.1 Å². The maximum atomic E-state index is 13.3. The van der Waals surface area contributed by atoms with E-state index in [9.17, 15) is 23.2 Å². The lowest BCUT2D eigenvalue weighted by molar-refractivity contribution is -0.140. The molecule has 1 atom stereocenters. The fourth-order valence-electron chi connectivity index (χ4n) is 1.31. The van der Waals surface area contributed by atoms with Crippen molar-refractivity contribution < 1.29 is 28.3 Å². The van der Waals surface area contributed by atoms with Crippen molar-refractivity contribution in [3.8, 4) is 0 Å². The third-order valence-electron chi connectivity index (χ3n) is 2.18. The number of halogens is 2. The average Bonchev–Trinajstić information content (AvgIpc) is 2.26. The first kappa shape index (κ1) is 14.6. The highest BCUT2D eigenvalue weighted by atomic mass is 19.1. The summed E-state index contributed by atoms with van der Waals surface area (Å²) in [6.07, 6.45) is -0.635. The van der Waals surface area contributed by atoms with E-state index in [1.54, 1.807) is 0 Å². The van der Waals surface area contributed by atoms with Crippen molar-refractivity contribution in [3.05, 3.63) is 35.4 Å². The van der Waals surface area contributed by atoms with Crippen LogP contribution in [0.1, 0.15) is 16.8 Å². The number of hydrogen-bond acceptors (Lipinski definition) is 3. The molecule has 0 heterocycles. The van der Waals surface area contributed by atoms with Crippen LogP contribution in [-0.2, 0) is 9.59 Å². The molecule has 2 amide bonds. The SMILES string of the molecule is NC(=O)CC(NC(=O)c1ccc(F)cc1F)C(=O)O. The van der Waals surface area contributed by atoms with E-state index in [1.807, 2.05) is 5.32 Å². The van der Waals surface area contributed by atoms with Crippen LogP contribution in [0.15, 0.2) is 18.2 Å². The summed E-state index contributed by atoms with van der Waals surface area (Å²) >= 11 is 0. The maximum absolute atomic E-state index is 13.3. The molecule has 102 valence electrons. The number of carboxylic acids is 1. The Morgan fingerprint density at radius 3 is 2.42 bits per heavy atom.